The van der Waals surface area contributed by atoms with Crippen LogP contribution in [0.1, 0.15) is 38.5 Å². The first-order valence-corrected chi connectivity index (χ1v) is 11.1. The molecule has 0 unspecified atom stereocenters. The maximum atomic E-state index is 12.7. The molecule has 1 aromatic rings. The van der Waals surface area contributed by atoms with Crippen LogP contribution in [0.3, 0.4) is 0 Å². The fourth-order valence-corrected chi connectivity index (χ4v) is 4.85. The minimum absolute atomic E-state index is 0.206. The number of nitrogens with zero attached hydrogens (tertiary/aromatic N) is 1. The van der Waals surface area contributed by atoms with Gasteiger partial charge in [0.25, 0.3) is 5.91 Å². The van der Waals surface area contributed by atoms with Crippen LogP contribution in [-0.4, -0.2) is 57.0 Å². The van der Waals surface area contributed by atoms with Crippen LogP contribution in [0.15, 0.2) is 29.2 Å². The van der Waals surface area contributed by atoms with Crippen molar-refractivity contribution in [2.75, 3.05) is 31.6 Å². The fourth-order valence-electron chi connectivity index (χ4n) is 3.33. The Hall–Kier alpha value is -1.97. The van der Waals surface area contributed by atoms with Crippen molar-refractivity contribution in [3.63, 3.8) is 0 Å². The lowest BCUT2D eigenvalue weighted by atomic mass is 10.2. The highest BCUT2D eigenvalue weighted by molar-refractivity contribution is 7.89. The van der Waals surface area contributed by atoms with Crippen molar-refractivity contribution in [1.29, 1.82) is 0 Å². The van der Waals surface area contributed by atoms with Crippen molar-refractivity contribution in [1.82, 2.24) is 4.31 Å². The van der Waals surface area contributed by atoms with Gasteiger partial charge in [0.1, 0.15) is 0 Å². The van der Waals surface area contributed by atoms with Gasteiger partial charge < -0.3 is 14.8 Å². The molecule has 2 fully saturated rings. The number of esters is 1. The second-order valence-corrected chi connectivity index (χ2v) is 8.94. The van der Waals surface area contributed by atoms with Crippen LogP contribution in [0.25, 0.3) is 0 Å². The molecule has 1 N–H and O–H groups in total. The summed E-state index contributed by atoms with van der Waals surface area (Å²) in [4.78, 5) is 23.9. The van der Waals surface area contributed by atoms with Gasteiger partial charge in [-0.15, -0.1) is 0 Å². The molecule has 9 heteroatoms. The lowest BCUT2D eigenvalue weighted by Gasteiger charge is -2.20. The van der Waals surface area contributed by atoms with E-state index in [1.807, 2.05) is 0 Å². The summed E-state index contributed by atoms with van der Waals surface area (Å²) in [6.45, 7) is 1.19. The zero-order valence-corrected chi connectivity index (χ0v) is 16.6. The summed E-state index contributed by atoms with van der Waals surface area (Å²) in [6.07, 6.45) is 4.67. The summed E-state index contributed by atoms with van der Waals surface area (Å²) in [6, 6.07) is 6.03. The van der Waals surface area contributed by atoms with E-state index < -0.39 is 34.6 Å². The van der Waals surface area contributed by atoms with Crippen LogP contribution in [0, 0.1) is 0 Å². The number of ether oxygens (including phenoxy) is 2. The van der Waals surface area contributed by atoms with Crippen molar-refractivity contribution in [2.24, 2.45) is 0 Å². The molecular weight excluding hydrogens is 384 g/mol. The van der Waals surface area contributed by atoms with E-state index in [9.17, 15) is 18.0 Å². The van der Waals surface area contributed by atoms with Gasteiger partial charge in [0.05, 0.1) is 4.90 Å². The molecule has 1 aromatic carbocycles. The highest BCUT2D eigenvalue weighted by Crippen LogP contribution is 2.22. The molecule has 154 valence electrons. The largest absolute Gasteiger partial charge is 0.454 e. The Morgan fingerprint density at radius 1 is 1.07 bits per heavy atom. The molecule has 0 spiro atoms. The first-order valence-electron chi connectivity index (χ1n) is 9.65. The minimum atomic E-state index is -3.52. The van der Waals surface area contributed by atoms with E-state index >= 15 is 0 Å². The van der Waals surface area contributed by atoms with E-state index in [1.165, 1.54) is 28.6 Å². The third kappa shape index (κ3) is 5.30. The third-order valence-corrected chi connectivity index (χ3v) is 6.79. The monoisotopic (exact) mass is 410 g/mol. The Kier molecular flexibility index (Phi) is 7.03. The molecule has 2 saturated heterocycles. The highest BCUT2D eigenvalue weighted by atomic mass is 32.2. The second kappa shape index (κ2) is 9.49. The first kappa shape index (κ1) is 20.8. The van der Waals surface area contributed by atoms with Gasteiger partial charge in [-0.2, -0.15) is 4.31 Å². The summed E-state index contributed by atoms with van der Waals surface area (Å²) in [5, 5.41) is 2.59. The number of nitrogens with one attached hydrogen (secondary N) is 1. The normalized spacial score (nSPS) is 21.1. The van der Waals surface area contributed by atoms with E-state index in [2.05, 4.69) is 5.32 Å². The molecule has 1 atom stereocenters. The number of anilines is 1. The summed E-state index contributed by atoms with van der Waals surface area (Å²) in [5.41, 5.74) is 0.438. The van der Waals surface area contributed by atoms with Crippen molar-refractivity contribution < 1.29 is 27.5 Å². The third-order valence-electron chi connectivity index (χ3n) is 4.88. The van der Waals surface area contributed by atoms with Crippen LogP contribution < -0.4 is 5.32 Å². The highest BCUT2D eigenvalue weighted by Gasteiger charge is 2.26. The van der Waals surface area contributed by atoms with Crippen LogP contribution in [0.2, 0.25) is 0 Å². The molecule has 28 heavy (non-hydrogen) atoms. The average Bonchev–Trinajstić information content (AvgIpc) is 3.08. The summed E-state index contributed by atoms with van der Waals surface area (Å²) >= 11 is 0. The van der Waals surface area contributed by atoms with Gasteiger partial charge in [0.2, 0.25) is 10.0 Å². The molecule has 0 saturated carbocycles. The molecule has 1 amide bonds. The van der Waals surface area contributed by atoms with Crippen molar-refractivity contribution in [3.8, 4) is 0 Å². The van der Waals surface area contributed by atoms with Crippen LogP contribution in [-0.2, 0) is 29.1 Å². The summed E-state index contributed by atoms with van der Waals surface area (Å²) in [7, 11) is -3.52. The lowest BCUT2D eigenvalue weighted by Crippen LogP contribution is -2.31. The Labute approximate surface area is 165 Å². The molecule has 3 rings (SSSR count). The minimum Gasteiger partial charge on any atom is -0.454 e. The first-order chi connectivity index (χ1) is 13.5. The number of sulfonamides is 1. The number of carbonyl (C=O) groups excluding carboxylic acids is 2. The van der Waals surface area contributed by atoms with E-state index in [1.54, 1.807) is 0 Å². The van der Waals surface area contributed by atoms with Gasteiger partial charge >= 0.3 is 5.97 Å². The van der Waals surface area contributed by atoms with Gasteiger partial charge in [0, 0.05) is 25.4 Å². The Balaban J connectivity index is 1.53. The van der Waals surface area contributed by atoms with Gasteiger partial charge in [-0.25, -0.2) is 13.2 Å². The Morgan fingerprint density at radius 3 is 2.36 bits per heavy atom. The van der Waals surface area contributed by atoms with E-state index in [-0.39, 0.29) is 4.90 Å². The molecule has 0 aromatic heterocycles. The predicted molar refractivity (Wildman–Crippen MR) is 102 cm³/mol. The number of carbonyl (C=O) groups is 2. The molecule has 2 heterocycles. The van der Waals surface area contributed by atoms with Gasteiger partial charge in [-0.1, -0.05) is 12.8 Å². The van der Waals surface area contributed by atoms with E-state index in [0.29, 0.717) is 31.8 Å². The molecular formula is C19H26N2O6S. The van der Waals surface area contributed by atoms with E-state index in [4.69, 9.17) is 9.47 Å². The fraction of sp³-hybridized carbons (Fsp3) is 0.579. The van der Waals surface area contributed by atoms with E-state index in [0.717, 1.165) is 32.1 Å². The van der Waals surface area contributed by atoms with Crippen LogP contribution >= 0.6 is 0 Å². The van der Waals surface area contributed by atoms with Crippen LogP contribution in [0.5, 0.6) is 0 Å². The number of rotatable bonds is 6. The zero-order chi connectivity index (χ0) is 20.0. The van der Waals surface area contributed by atoms with Gasteiger partial charge in [-0.05, 0) is 49.9 Å². The molecule has 2 aliphatic rings. The predicted octanol–water partition coefficient (Wildman–Crippen LogP) is 1.91. The quantitative estimate of drug-likeness (QED) is 0.719. The number of hydrogen-bond donors (Lipinski definition) is 1. The molecule has 0 aliphatic carbocycles. The smallest absolute Gasteiger partial charge is 0.335 e. The molecule has 0 bridgehead atoms. The Morgan fingerprint density at radius 2 is 1.75 bits per heavy atom. The van der Waals surface area contributed by atoms with Gasteiger partial charge in [0.15, 0.2) is 12.7 Å². The second-order valence-electron chi connectivity index (χ2n) is 7.00. The SMILES string of the molecule is O=C(COC(=O)[C@H]1CCCO1)Nc1ccc(S(=O)(=O)N2CCCCCC2)cc1. The van der Waals surface area contributed by atoms with Gasteiger partial charge in [-0.3, -0.25) is 4.79 Å². The molecule has 2 aliphatic heterocycles. The number of amides is 1. The van der Waals surface area contributed by atoms with Crippen molar-refractivity contribution >= 4 is 27.6 Å². The summed E-state index contributed by atoms with van der Waals surface area (Å²) in [5.74, 6) is -1.03. The summed E-state index contributed by atoms with van der Waals surface area (Å²) < 4.78 is 37.2. The topological polar surface area (TPSA) is 102 Å². The maximum Gasteiger partial charge on any atom is 0.335 e. The molecule has 0 radical (unpaired) electrons. The zero-order valence-electron chi connectivity index (χ0n) is 15.8. The lowest BCUT2D eigenvalue weighted by molar-refractivity contribution is -0.156. The Bertz CT molecular complexity index is 779. The maximum absolute atomic E-state index is 12.7. The average molecular weight is 410 g/mol. The molecule has 8 nitrogen and oxygen atoms in total. The standard InChI is InChI=1S/C19H26N2O6S/c22-18(14-27-19(23)17-6-5-13-26-17)20-15-7-9-16(10-8-15)28(24,25)21-11-3-1-2-4-12-21/h7-10,17H,1-6,11-14H2,(H,20,22)/t17-/m1/s1. The number of benzene rings is 1. The van der Waals surface area contributed by atoms with Crippen LogP contribution in [0.4, 0.5) is 5.69 Å². The number of hydrogen-bond acceptors (Lipinski definition) is 6. The van der Waals surface area contributed by atoms with Crippen molar-refractivity contribution in [2.45, 2.75) is 49.5 Å². The van der Waals surface area contributed by atoms with Crippen molar-refractivity contribution in [3.05, 3.63) is 24.3 Å².